The quantitative estimate of drug-likeness (QED) is 0.546. The van der Waals surface area contributed by atoms with Gasteiger partial charge in [0.15, 0.2) is 0 Å². The van der Waals surface area contributed by atoms with E-state index in [4.69, 9.17) is 9.47 Å². The Hall–Kier alpha value is -3.42. The zero-order valence-electron chi connectivity index (χ0n) is 14.7. The second-order valence-electron chi connectivity index (χ2n) is 6.26. The van der Waals surface area contributed by atoms with Crippen LogP contribution < -0.4 is 9.47 Å². The lowest BCUT2D eigenvalue weighted by molar-refractivity contribution is -0.125. The van der Waals surface area contributed by atoms with Crippen molar-refractivity contribution >= 4 is 22.6 Å². The Bertz CT molecular complexity index is 1000. The Morgan fingerprint density at radius 3 is 2.89 bits per heavy atom. The van der Waals surface area contributed by atoms with E-state index in [-0.39, 0.29) is 6.10 Å². The van der Waals surface area contributed by atoms with E-state index < -0.39 is 11.7 Å². The molecule has 1 unspecified atom stereocenters. The Balaban J connectivity index is 1.43. The maximum atomic E-state index is 12.7. The van der Waals surface area contributed by atoms with Crippen LogP contribution in [0.25, 0.3) is 10.9 Å². The number of H-pyrrole nitrogens is 1. The third kappa shape index (κ3) is 3.33. The molecule has 0 saturated carbocycles. The van der Waals surface area contributed by atoms with Gasteiger partial charge in [-0.05, 0) is 6.07 Å². The van der Waals surface area contributed by atoms with E-state index in [0.29, 0.717) is 36.8 Å². The highest BCUT2D eigenvalue weighted by molar-refractivity contribution is 6.44. The summed E-state index contributed by atoms with van der Waals surface area (Å²) in [5.41, 5.74) is 1.21. The van der Waals surface area contributed by atoms with Crippen LogP contribution in [0.1, 0.15) is 16.8 Å². The van der Waals surface area contributed by atoms with Gasteiger partial charge in [0.25, 0.3) is 11.7 Å². The molecule has 3 aromatic rings. The smallest absolute Gasteiger partial charge is 0.295 e. The first-order valence-electron chi connectivity index (χ1n) is 8.58. The molecule has 8 heteroatoms. The van der Waals surface area contributed by atoms with Crippen LogP contribution in [0.15, 0.2) is 42.9 Å². The number of ketones is 1. The molecular weight excluding hydrogens is 348 g/mol. The number of aromatic amines is 1. The van der Waals surface area contributed by atoms with Crippen molar-refractivity contribution in [2.75, 3.05) is 20.2 Å². The first kappa shape index (κ1) is 17.0. The topological polar surface area (TPSA) is 97.4 Å². The van der Waals surface area contributed by atoms with Gasteiger partial charge >= 0.3 is 0 Å². The number of hydrogen-bond donors (Lipinski definition) is 1. The summed E-state index contributed by atoms with van der Waals surface area (Å²) in [4.78, 5) is 38.0. The van der Waals surface area contributed by atoms with Gasteiger partial charge in [0.05, 0.1) is 31.6 Å². The van der Waals surface area contributed by atoms with Crippen LogP contribution in [-0.2, 0) is 4.79 Å². The number of nitrogens with one attached hydrogen (secondary N) is 1. The largest absolute Gasteiger partial charge is 0.480 e. The Labute approximate surface area is 155 Å². The van der Waals surface area contributed by atoms with Gasteiger partial charge in [0.1, 0.15) is 6.10 Å². The van der Waals surface area contributed by atoms with E-state index in [1.54, 1.807) is 6.20 Å². The Morgan fingerprint density at radius 2 is 2.04 bits per heavy atom. The first-order chi connectivity index (χ1) is 13.2. The van der Waals surface area contributed by atoms with Crippen LogP contribution in [0.4, 0.5) is 0 Å². The predicted molar refractivity (Wildman–Crippen MR) is 96.8 cm³/mol. The summed E-state index contributed by atoms with van der Waals surface area (Å²) >= 11 is 0. The standard InChI is InChI=1S/C19H18N4O4/c1-26-16-9-20-10-17(22-16)27-12-6-7-23(11-12)19(25)18(24)14-8-21-15-5-3-2-4-13(14)15/h2-5,8-10,12,21H,6-7,11H2,1H3. The fourth-order valence-corrected chi connectivity index (χ4v) is 3.18. The molecule has 1 N–H and O–H groups in total. The molecule has 0 spiro atoms. The van der Waals surface area contributed by atoms with Crippen molar-refractivity contribution in [1.82, 2.24) is 19.9 Å². The van der Waals surface area contributed by atoms with Crippen molar-refractivity contribution in [1.29, 1.82) is 0 Å². The maximum Gasteiger partial charge on any atom is 0.295 e. The van der Waals surface area contributed by atoms with Gasteiger partial charge < -0.3 is 19.4 Å². The minimum absolute atomic E-state index is 0.244. The summed E-state index contributed by atoms with van der Waals surface area (Å²) in [6.07, 6.45) is 4.93. The average Bonchev–Trinajstić information content (AvgIpc) is 3.34. The van der Waals surface area contributed by atoms with Gasteiger partial charge in [-0.2, -0.15) is 4.98 Å². The normalized spacial score (nSPS) is 16.5. The number of carbonyl (C=O) groups excluding carboxylic acids is 2. The van der Waals surface area contributed by atoms with Gasteiger partial charge in [-0.1, -0.05) is 18.2 Å². The molecule has 3 heterocycles. The fraction of sp³-hybridized carbons (Fsp3) is 0.263. The number of aromatic nitrogens is 3. The number of nitrogens with zero attached hydrogens (tertiary/aromatic N) is 3. The van der Waals surface area contributed by atoms with Crippen molar-refractivity contribution in [3.05, 3.63) is 48.4 Å². The Morgan fingerprint density at radius 1 is 1.22 bits per heavy atom. The highest BCUT2D eigenvalue weighted by atomic mass is 16.5. The summed E-state index contributed by atoms with van der Waals surface area (Å²) < 4.78 is 10.8. The number of Topliss-reactive ketones (excluding diaryl/α,β-unsaturated/α-hetero) is 1. The minimum atomic E-state index is -0.525. The number of ether oxygens (including phenoxy) is 2. The molecule has 1 aromatic carbocycles. The first-order valence-corrected chi connectivity index (χ1v) is 8.58. The molecule has 27 heavy (non-hydrogen) atoms. The van der Waals surface area contributed by atoms with Gasteiger partial charge in [0.2, 0.25) is 11.8 Å². The van der Waals surface area contributed by atoms with Gasteiger partial charge in [0, 0.05) is 30.1 Å². The number of fused-ring (bicyclic) bond motifs is 1. The number of methoxy groups -OCH3 is 1. The number of likely N-dealkylation sites (tertiary alicyclic amines) is 1. The Kier molecular flexibility index (Phi) is 4.45. The van der Waals surface area contributed by atoms with Crippen molar-refractivity contribution in [3.63, 3.8) is 0 Å². The second kappa shape index (κ2) is 7.06. The lowest BCUT2D eigenvalue weighted by Gasteiger charge is -2.16. The van der Waals surface area contributed by atoms with E-state index in [1.165, 1.54) is 24.4 Å². The molecule has 138 valence electrons. The molecule has 0 radical (unpaired) electrons. The van der Waals surface area contributed by atoms with Gasteiger partial charge in [-0.3, -0.25) is 14.6 Å². The van der Waals surface area contributed by atoms with Crippen molar-refractivity contribution in [2.24, 2.45) is 0 Å². The molecule has 0 bridgehead atoms. The van der Waals surface area contributed by atoms with Crippen molar-refractivity contribution in [2.45, 2.75) is 12.5 Å². The highest BCUT2D eigenvalue weighted by Gasteiger charge is 2.32. The molecule has 0 aliphatic carbocycles. The number of amides is 1. The molecule has 1 fully saturated rings. The second-order valence-corrected chi connectivity index (χ2v) is 6.26. The average molecular weight is 366 g/mol. The van der Waals surface area contributed by atoms with Crippen LogP contribution in [0.3, 0.4) is 0 Å². The molecule has 1 aliphatic heterocycles. The van der Waals surface area contributed by atoms with Crippen LogP contribution in [0, 0.1) is 0 Å². The molecule has 2 aromatic heterocycles. The van der Waals surface area contributed by atoms with Crippen LogP contribution in [-0.4, -0.2) is 57.8 Å². The van der Waals surface area contributed by atoms with E-state index in [1.807, 2.05) is 24.3 Å². The lowest BCUT2D eigenvalue weighted by Crippen LogP contribution is -2.36. The predicted octanol–water partition coefficient (Wildman–Crippen LogP) is 1.83. The molecule has 1 aliphatic rings. The van der Waals surface area contributed by atoms with Gasteiger partial charge in [-0.15, -0.1) is 0 Å². The highest BCUT2D eigenvalue weighted by Crippen LogP contribution is 2.22. The summed E-state index contributed by atoms with van der Waals surface area (Å²) in [5, 5.41) is 0.745. The van der Waals surface area contributed by atoms with Crippen LogP contribution >= 0.6 is 0 Å². The third-order valence-corrected chi connectivity index (χ3v) is 4.55. The molecule has 1 amide bonds. The zero-order chi connectivity index (χ0) is 18.8. The molecule has 1 atom stereocenters. The fourth-order valence-electron chi connectivity index (χ4n) is 3.18. The van der Waals surface area contributed by atoms with E-state index in [2.05, 4.69) is 15.0 Å². The summed E-state index contributed by atoms with van der Waals surface area (Å²) in [6, 6.07) is 7.40. The van der Waals surface area contributed by atoms with Crippen molar-refractivity contribution < 1.29 is 19.1 Å². The van der Waals surface area contributed by atoms with Gasteiger partial charge in [-0.25, -0.2) is 0 Å². The SMILES string of the molecule is COc1cncc(OC2CCN(C(=O)C(=O)c3c[nH]c4ccccc34)C2)n1. The number of benzene rings is 1. The third-order valence-electron chi connectivity index (χ3n) is 4.55. The monoisotopic (exact) mass is 366 g/mol. The summed E-state index contributed by atoms with van der Waals surface area (Å²) in [7, 11) is 1.50. The molecular formula is C19H18N4O4. The molecule has 4 rings (SSSR count). The summed E-state index contributed by atoms with van der Waals surface area (Å²) in [5.74, 6) is -0.360. The van der Waals surface area contributed by atoms with Crippen molar-refractivity contribution in [3.8, 4) is 11.8 Å². The number of para-hydroxylation sites is 1. The molecule has 8 nitrogen and oxygen atoms in total. The minimum Gasteiger partial charge on any atom is -0.480 e. The van der Waals surface area contributed by atoms with Crippen LogP contribution in [0.5, 0.6) is 11.8 Å². The van der Waals surface area contributed by atoms with E-state index >= 15 is 0 Å². The number of hydrogen-bond acceptors (Lipinski definition) is 6. The zero-order valence-corrected chi connectivity index (χ0v) is 14.7. The summed E-state index contributed by atoms with van der Waals surface area (Å²) in [6.45, 7) is 0.779. The maximum absolute atomic E-state index is 12.7. The molecule has 1 saturated heterocycles. The number of carbonyl (C=O) groups is 2. The number of rotatable bonds is 5. The van der Waals surface area contributed by atoms with E-state index in [0.717, 1.165) is 10.9 Å². The van der Waals surface area contributed by atoms with Crippen LogP contribution in [0.2, 0.25) is 0 Å². The van der Waals surface area contributed by atoms with E-state index in [9.17, 15) is 9.59 Å². The lowest BCUT2D eigenvalue weighted by atomic mass is 10.1.